The fourth-order valence-corrected chi connectivity index (χ4v) is 5.47. The van der Waals surface area contributed by atoms with Gasteiger partial charge >= 0.3 is 6.18 Å². The van der Waals surface area contributed by atoms with E-state index in [-0.39, 0.29) is 23.2 Å². The zero-order chi connectivity index (χ0) is 29.6. The van der Waals surface area contributed by atoms with Crippen LogP contribution in [0, 0.1) is 5.41 Å². The van der Waals surface area contributed by atoms with Gasteiger partial charge in [-0.2, -0.15) is 13.2 Å². The number of aromatic nitrogens is 4. The molecule has 2 saturated heterocycles. The average Bonchev–Trinajstić information content (AvgIpc) is 3.36. The Balaban J connectivity index is 1.24. The van der Waals surface area contributed by atoms with E-state index in [1.54, 1.807) is 36.7 Å². The molecule has 1 aromatic carbocycles. The highest BCUT2D eigenvalue weighted by Crippen LogP contribution is 2.36. The van der Waals surface area contributed by atoms with Crippen molar-refractivity contribution in [2.75, 3.05) is 37.4 Å². The van der Waals surface area contributed by atoms with Crippen LogP contribution in [0.2, 0.25) is 0 Å². The van der Waals surface area contributed by atoms with Crippen molar-refractivity contribution >= 4 is 29.0 Å². The molecule has 0 bridgehead atoms. The SMILES string of the molecule is CC1(C(=O)N2CCCC(c3nc(-c4ccc(C(=O)Nc5ccc(C(F)(F)F)cn5)cc4)c4c(N)nccn34)C2)COC1. The van der Waals surface area contributed by atoms with E-state index in [1.165, 1.54) is 0 Å². The number of pyridine rings is 1. The van der Waals surface area contributed by atoms with Crippen LogP contribution in [-0.2, 0) is 15.7 Å². The number of ether oxygens (including phenoxy) is 1. The summed E-state index contributed by atoms with van der Waals surface area (Å²) < 4.78 is 45.6. The van der Waals surface area contributed by atoms with Crippen LogP contribution in [0.25, 0.3) is 16.8 Å². The molecule has 5 heterocycles. The van der Waals surface area contributed by atoms with Gasteiger partial charge in [0.15, 0.2) is 0 Å². The summed E-state index contributed by atoms with van der Waals surface area (Å²) in [5.74, 6) is 0.626. The Hall–Kier alpha value is -4.52. The smallest absolute Gasteiger partial charge is 0.382 e. The zero-order valence-electron chi connectivity index (χ0n) is 22.7. The summed E-state index contributed by atoms with van der Waals surface area (Å²) >= 11 is 0. The second-order valence-corrected chi connectivity index (χ2v) is 11.0. The molecule has 0 aliphatic carbocycles. The number of hydrogen-bond donors (Lipinski definition) is 2. The van der Waals surface area contributed by atoms with Crippen LogP contribution >= 0.6 is 0 Å². The fraction of sp³-hybridized carbons (Fsp3) is 0.345. The molecule has 2 amide bonds. The van der Waals surface area contributed by atoms with Crippen LogP contribution in [0.15, 0.2) is 55.0 Å². The maximum atomic E-state index is 13.2. The number of fused-ring (bicyclic) bond motifs is 1. The second kappa shape index (κ2) is 10.4. The minimum absolute atomic E-state index is 0.000466. The number of nitrogen functional groups attached to an aromatic ring is 1. The number of imidazole rings is 1. The summed E-state index contributed by atoms with van der Waals surface area (Å²) in [6.07, 6.45) is 1.27. The van der Waals surface area contributed by atoms with Gasteiger partial charge in [-0.25, -0.2) is 15.0 Å². The molecule has 0 spiro atoms. The van der Waals surface area contributed by atoms with Gasteiger partial charge in [0.2, 0.25) is 5.91 Å². The number of carbonyl (C=O) groups is 2. The topological polar surface area (TPSA) is 128 Å². The van der Waals surface area contributed by atoms with E-state index in [0.29, 0.717) is 55.1 Å². The van der Waals surface area contributed by atoms with Gasteiger partial charge in [-0.15, -0.1) is 0 Å². The molecule has 218 valence electrons. The lowest BCUT2D eigenvalue weighted by Crippen LogP contribution is -2.55. The van der Waals surface area contributed by atoms with Gasteiger partial charge in [-0.05, 0) is 44.0 Å². The zero-order valence-corrected chi connectivity index (χ0v) is 22.7. The molecule has 2 aliphatic heterocycles. The predicted octanol–water partition coefficient (Wildman–Crippen LogP) is 4.39. The molecule has 13 heteroatoms. The molecule has 2 fully saturated rings. The Morgan fingerprint density at radius 2 is 1.88 bits per heavy atom. The van der Waals surface area contributed by atoms with Crippen LogP contribution in [0.5, 0.6) is 0 Å². The summed E-state index contributed by atoms with van der Waals surface area (Å²) in [6.45, 7) is 4.02. The Morgan fingerprint density at radius 1 is 1.12 bits per heavy atom. The number of piperidine rings is 1. The molecule has 4 aromatic rings. The summed E-state index contributed by atoms with van der Waals surface area (Å²) in [5, 5.41) is 2.51. The van der Waals surface area contributed by atoms with Crippen molar-refractivity contribution < 1.29 is 27.5 Å². The first kappa shape index (κ1) is 27.6. The van der Waals surface area contributed by atoms with Crippen LogP contribution < -0.4 is 11.1 Å². The number of nitrogens with one attached hydrogen (secondary N) is 1. The first-order valence-corrected chi connectivity index (χ1v) is 13.5. The fourth-order valence-electron chi connectivity index (χ4n) is 5.47. The highest BCUT2D eigenvalue weighted by molar-refractivity contribution is 6.04. The lowest BCUT2D eigenvalue weighted by molar-refractivity contribution is -0.170. The third-order valence-electron chi connectivity index (χ3n) is 7.79. The van der Waals surface area contributed by atoms with Crippen LogP contribution in [-0.4, -0.2) is 62.4 Å². The van der Waals surface area contributed by atoms with Crippen molar-refractivity contribution in [3.8, 4) is 11.3 Å². The highest BCUT2D eigenvalue weighted by atomic mass is 19.4. The van der Waals surface area contributed by atoms with E-state index in [4.69, 9.17) is 15.5 Å². The number of nitrogens with two attached hydrogens (primary N) is 1. The first-order chi connectivity index (χ1) is 20.0. The molecular weight excluding hydrogens is 551 g/mol. The number of likely N-dealkylation sites (tertiary alicyclic amines) is 1. The molecule has 3 N–H and O–H groups in total. The van der Waals surface area contributed by atoms with Crippen LogP contribution in [0.4, 0.5) is 24.8 Å². The van der Waals surface area contributed by atoms with Gasteiger partial charge in [-0.3, -0.25) is 14.0 Å². The Morgan fingerprint density at radius 3 is 2.52 bits per heavy atom. The maximum absolute atomic E-state index is 13.2. The molecular formula is C29H28F3N7O3. The van der Waals surface area contributed by atoms with E-state index >= 15 is 0 Å². The van der Waals surface area contributed by atoms with Crippen molar-refractivity contribution in [2.45, 2.75) is 31.9 Å². The molecule has 0 radical (unpaired) electrons. The highest BCUT2D eigenvalue weighted by Gasteiger charge is 2.44. The van der Waals surface area contributed by atoms with Crippen LogP contribution in [0.1, 0.15) is 47.4 Å². The van der Waals surface area contributed by atoms with Crippen molar-refractivity contribution in [1.82, 2.24) is 24.3 Å². The molecule has 1 unspecified atom stereocenters. The largest absolute Gasteiger partial charge is 0.417 e. The molecule has 10 nitrogen and oxygen atoms in total. The average molecular weight is 580 g/mol. The standard InChI is InChI=1S/C29H28F3N7O3/c1-28(15-42-16-28)27(41)38-11-2-3-19(14-38)25-37-22(23-24(33)34-10-12-39(23)25)17-4-6-18(7-5-17)26(40)36-21-9-8-20(13-35-21)29(30,31)32/h4-10,12-13,19H,2-3,11,14-16H2,1H3,(H2,33,34)(H,35,36,40). The van der Waals surface area contributed by atoms with E-state index in [1.807, 2.05) is 16.2 Å². The van der Waals surface area contributed by atoms with Crippen molar-refractivity contribution in [2.24, 2.45) is 5.41 Å². The van der Waals surface area contributed by atoms with Gasteiger partial charge < -0.3 is 20.7 Å². The number of amides is 2. The van der Waals surface area contributed by atoms with E-state index in [0.717, 1.165) is 30.8 Å². The summed E-state index contributed by atoms with van der Waals surface area (Å²) in [4.78, 5) is 40.8. The molecule has 0 saturated carbocycles. The van der Waals surface area contributed by atoms with Gasteiger partial charge in [0.25, 0.3) is 5.91 Å². The first-order valence-electron chi connectivity index (χ1n) is 13.5. The molecule has 1 atom stereocenters. The molecule has 3 aromatic heterocycles. The number of nitrogens with zero attached hydrogens (tertiary/aromatic N) is 5. The van der Waals surface area contributed by atoms with Crippen molar-refractivity contribution in [1.29, 1.82) is 0 Å². The van der Waals surface area contributed by atoms with Gasteiger partial charge in [0, 0.05) is 48.7 Å². The van der Waals surface area contributed by atoms with Gasteiger partial charge in [0.05, 0.1) is 24.2 Å². The van der Waals surface area contributed by atoms with E-state index in [9.17, 15) is 22.8 Å². The number of hydrogen-bond acceptors (Lipinski definition) is 7. The second-order valence-electron chi connectivity index (χ2n) is 11.0. The van der Waals surface area contributed by atoms with Gasteiger partial charge in [0.1, 0.15) is 28.7 Å². The summed E-state index contributed by atoms with van der Waals surface area (Å²) in [6, 6.07) is 8.59. The van der Waals surface area contributed by atoms with E-state index < -0.39 is 23.1 Å². The lowest BCUT2D eigenvalue weighted by atomic mass is 9.85. The molecule has 42 heavy (non-hydrogen) atoms. The van der Waals surface area contributed by atoms with Crippen LogP contribution in [0.3, 0.4) is 0 Å². The number of rotatable bonds is 5. The number of carbonyl (C=O) groups excluding carboxylic acids is 2. The maximum Gasteiger partial charge on any atom is 0.417 e. The summed E-state index contributed by atoms with van der Waals surface area (Å²) in [7, 11) is 0. The van der Waals surface area contributed by atoms with Gasteiger partial charge in [-0.1, -0.05) is 12.1 Å². The number of benzene rings is 1. The van der Waals surface area contributed by atoms with E-state index in [2.05, 4.69) is 15.3 Å². The minimum Gasteiger partial charge on any atom is -0.382 e. The number of alkyl halides is 3. The monoisotopic (exact) mass is 579 g/mol. The van der Waals surface area contributed by atoms with Crippen molar-refractivity contribution in [3.63, 3.8) is 0 Å². The third kappa shape index (κ3) is 5.04. The Kier molecular flexibility index (Phi) is 6.84. The Labute approximate surface area is 238 Å². The predicted molar refractivity (Wildman–Crippen MR) is 148 cm³/mol. The minimum atomic E-state index is -4.51. The molecule has 6 rings (SSSR count). The Bertz CT molecular complexity index is 1650. The van der Waals surface area contributed by atoms with Crippen molar-refractivity contribution in [3.05, 3.63) is 71.9 Å². The quantitative estimate of drug-likeness (QED) is 0.359. The lowest BCUT2D eigenvalue weighted by Gasteiger charge is -2.42. The number of anilines is 2. The third-order valence-corrected chi connectivity index (χ3v) is 7.79. The normalized spacial score (nSPS) is 18.5. The summed E-state index contributed by atoms with van der Waals surface area (Å²) in [5.41, 5.74) is 7.12. The number of halogens is 3. The molecule has 2 aliphatic rings.